The summed E-state index contributed by atoms with van der Waals surface area (Å²) in [4.78, 5) is 11.0. The Balaban J connectivity index is 1.82. The Morgan fingerprint density at radius 1 is 1.53 bits per heavy atom. The van der Waals surface area contributed by atoms with E-state index in [1.165, 1.54) is 17.0 Å². The fourth-order valence-corrected chi connectivity index (χ4v) is 2.32. The topological polar surface area (TPSA) is 46.1 Å². The highest BCUT2D eigenvalue weighted by Crippen LogP contribution is 2.13. The van der Waals surface area contributed by atoms with Gasteiger partial charge in [-0.1, -0.05) is 0 Å². The summed E-state index contributed by atoms with van der Waals surface area (Å²) in [5.74, 6) is 0.184. The van der Waals surface area contributed by atoms with Crippen molar-refractivity contribution in [2.75, 3.05) is 6.54 Å². The smallest absolute Gasteiger partial charge is 0.220 e. The van der Waals surface area contributed by atoms with Crippen molar-refractivity contribution in [3.63, 3.8) is 0 Å². The van der Waals surface area contributed by atoms with Crippen LogP contribution < -0.4 is 10.6 Å². The number of amides is 1. The number of aryl methyl sites for hydroxylation is 1. The molecular formula is C13H21N3O. The molecule has 4 nitrogen and oxygen atoms in total. The maximum atomic E-state index is 11.0. The largest absolute Gasteiger partial charge is 0.352 e. The monoisotopic (exact) mass is 235 g/mol. The van der Waals surface area contributed by atoms with Crippen LogP contribution >= 0.6 is 0 Å². The molecule has 0 radical (unpaired) electrons. The second-order valence-corrected chi connectivity index (χ2v) is 4.89. The van der Waals surface area contributed by atoms with E-state index in [1.807, 2.05) is 0 Å². The molecule has 1 atom stereocenters. The third-order valence-electron chi connectivity index (χ3n) is 3.67. The van der Waals surface area contributed by atoms with Crippen LogP contribution in [0.5, 0.6) is 0 Å². The zero-order valence-corrected chi connectivity index (χ0v) is 10.8. The molecular weight excluding hydrogens is 214 g/mol. The molecule has 1 aromatic rings. The molecule has 1 aromatic heterocycles. The first-order valence-electron chi connectivity index (χ1n) is 6.20. The van der Waals surface area contributed by atoms with E-state index in [0.717, 1.165) is 19.5 Å². The van der Waals surface area contributed by atoms with Gasteiger partial charge in [0.25, 0.3) is 0 Å². The molecule has 94 valence electrons. The maximum Gasteiger partial charge on any atom is 0.220 e. The molecule has 2 N–H and O–H groups in total. The number of carbonyl (C=O) groups is 1. The first kappa shape index (κ1) is 12.2. The minimum absolute atomic E-state index is 0.184. The molecule has 0 spiro atoms. The molecule has 1 amide bonds. The second-order valence-electron chi connectivity index (χ2n) is 4.89. The van der Waals surface area contributed by atoms with Gasteiger partial charge in [0.15, 0.2) is 0 Å². The number of rotatable bonds is 4. The fourth-order valence-electron chi connectivity index (χ4n) is 2.32. The van der Waals surface area contributed by atoms with Crippen molar-refractivity contribution in [2.45, 2.75) is 39.3 Å². The van der Waals surface area contributed by atoms with Gasteiger partial charge in [-0.05, 0) is 31.9 Å². The minimum atomic E-state index is 0.184. The van der Waals surface area contributed by atoms with E-state index in [4.69, 9.17) is 0 Å². The summed E-state index contributed by atoms with van der Waals surface area (Å²) in [6.45, 7) is 5.99. The van der Waals surface area contributed by atoms with Gasteiger partial charge in [0, 0.05) is 44.0 Å². The third kappa shape index (κ3) is 2.69. The number of hydrogen-bond acceptors (Lipinski definition) is 2. The number of carbonyl (C=O) groups excluding carboxylic acids is 1. The first-order chi connectivity index (χ1) is 8.08. The van der Waals surface area contributed by atoms with Crippen LogP contribution in [0, 0.1) is 13.8 Å². The van der Waals surface area contributed by atoms with Gasteiger partial charge in [-0.15, -0.1) is 0 Å². The molecule has 0 aliphatic carbocycles. The fraction of sp³-hybridized carbons (Fsp3) is 0.615. The molecule has 1 aliphatic heterocycles. The SMILES string of the molecule is Cc1cc(CNCC2CCC(=O)N2)c(C)n1C. The number of hydrogen-bond donors (Lipinski definition) is 2. The summed E-state index contributed by atoms with van der Waals surface area (Å²) < 4.78 is 2.20. The highest BCUT2D eigenvalue weighted by atomic mass is 16.1. The molecule has 17 heavy (non-hydrogen) atoms. The number of nitrogens with zero attached hydrogens (tertiary/aromatic N) is 1. The zero-order chi connectivity index (χ0) is 12.4. The van der Waals surface area contributed by atoms with Gasteiger partial charge in [0.05, 0.1) is 0 Å². The Hall–Kier alpha value is -1.29. The van der Waals surface area contributed by atoms with Gasteiger partial charge in [-0.2, -0.15) is 0 Å². The van der Waals surface area contributed by atoms with Gasteiger partial charge in [-0.3, -0.25) is 4.79 Å². The number of nitrogens with one attached hydrogen (secondary N) is 2. The van der Waals surface area contributed by atoms with Crippen molar-refractivity contribution in [1.29, 1.82) is 0 Å². The molecule has 2 rings (SSSR count). The summed E-state index contributed by atoms with van der Waals surface area (Å²) >= 11 is 0. The lowest BCUT2D eigenvalue weighted by molar-refractivity contribution is -0.119. The van der Waals surface area contributed by atoms with Crippen LogP contribution in [-0.4, -0.2) is 23.1 Å². The molecule has 0 saturated carbocycles. The molecule has 1 fully saturated rings. The lowest BCUT2D eigenvalue weighted by atomic mass is 10.2. The average molecular weight is 235 g/mol. The van der Waals surface area contributed by atoms with E-state index in [0.29, 0.717) is 12.5 Å². The second kappa shape index (κ2) is 4.92. The predicted octanol–water partition coefficient (Wildman–Crippen LogP) is 1.01. The van der Waals surface area contributed by atoms with E-state index >= 15 is 0 Å². The molecule has 4 heteroatoms. The van der Waals surface area contributed by atoms with Crippen molar-refractivity contribution in [3.05, 3.63) is 23.0 Å². The van der Waals surface area contributed by atoms with Crippen LogP contribution in [0.25, 0.3) is 0 Å². The summed E-state index contributed by atoms with van der Waals surface area (Å²) in [6, 6.07) is 2.53. The first-order valence-corrected chi connectivity index (χ1v) is 6.20. The molecule has 0 bridgehead atoms. The van der Waals surface area contributed by atoms with Crippen LogP contribution in [0.1, 0.15) is 29.8 Å². The highest BCUT2D eigenvalue weighted by molar-refractivity contribution is 5.78. The van der Waals surface area contributed by atoms with Gasteiger partial charge in [-0.25, -0.2) is 0 Å². The lowest BCUT2D eigenvalue weighted by Crippen LogP contribution is -2.35. The van der Waals surface area contributed by atoms with E-state index in [2.05, 4.69) is 42.2 Å². The van der Waals surface area contributed by atoms with Crippen molar-refractivity contribution in [1.82, 2.24) is 15.2 Å². The van der Waals surface area contributed by atoms with Crippen LogP contribution in [0.15, 0.2) is 6.07 Å². The van der Waals surface area contributed by atoms with Gasteiger partial charge in [0.2, 0.25) is 5.91 Å². The Morgan fingerprint density at radius 3 is 2.82 bits per heavy atom. The summed E-state index contributed by atoms with van der Waals surface area (Å²) in [6.07, 6.45) is 1.63. The van der Waals surface area contributed by atoms with Crippen LogP contribution in [0.4, 0.5) is 0 Å². The molecule has 0 aromatic carbocycles. The normalized spacial score (nSPS) is 19.7. The van der Waals surface area contributed by atoms with Crippen LogP contribution in [-0.2, 0) is 18.4 Å². The van der Waals surface area contributed by atoms with Crippen LogP contribution in [0.3, 0.4) is 0 Å². The third-order valence-corrected chi connectivity index (χ3v) is 3.67. The van der Waals surface area contributed by atoms with Crippen molar-refractivity contribution in [2.24, 2.45) is 7.05 Å². The standard InChI is InChI=1S/C13H21N3O/c1-9-6-11(10(2)16(9)3)7-14-8-12-4-5-13(17)15-12/h6,12,14H,4-5,7-8H2,1-3H3,(H,15,17). The molecule has 1 saturated heterocycles. The molecule has 1 unspecified atom stereocenters. The molecule has 2 heterocycles. The van der Waals surface area contributed by atoms with E-state index in [-0.39, 0.29) is 5.91 Å². The summed E-state index contributed by atoms with van der Waals surface area (Å²) in [7, 11) is 2.09. The van der Waals surface area contributed by atoms with Gasteiger partial charge < -0.3 is 15.2 Å². The average Bonchev–Trinajstić information content (AvgIpc) is 2.80. The Labute approximate surface area is 102 Å². The maximum absolute atomic E-state index is 11.0. The van der Waals surface area contributed by atoms with Crippen molar-refractivity contribution >= 4 is 5.91 Å². The van der Waals surface area contributed by atoms with Crippen LogP contribution in [0.2, 0.25) is 0 Å². The summed E-state index contributed by atoms with van der Waals surface area (Å²) in [5, 5.41) is 6.38. The predicted molar refractivity (Wildman–Crippen MR) is 67.8 cm³/mol. The Kier molecular flexibility index (Phi) is 3.52. The highest BCUT2D eigenvalue weighted by Gasteiger charge is 2.19. The quantitative estimate of drug-likeness (QED) is 0.818. The molecule has 1 aliphatic rings. The van der Waals surface area contributed by atoms with E-state index < -0.39 is 0 Å². The van der Waals surface area contributed by atoms with E-state index in [9.17, 15) is 4.79 Å². The zero-order valence-electron chi connectivity index (χ0n) is 10.8. The Morgan fingerprint density at radius 2 is 2.29 bits per heavy atom. The number of aromatic nitrogens is 1. The Bertz CT molecular complexity index is 423. The van der Waals surface area contributed by atoms with Crippen molar-refractivity contribution < 1.29 is 4.79 Å². The van der Waals surface area contributed by atoms with E-state index in [1.54, 1.807) is 0 Å². The van der Waals surface area contributed by atoms with Gasteiger partial charge >= 0.3 is 0 Å². The lowest BCUT2D eigenvalue weighted by Gasteiger charge is -2.11. The van der Waals surface area contributed by atoms with Crippen molar-refractivity contribution in [3.8, 4) is 0 Å². The summed E-state index contributed by atoms with van der Waals surface area (Å²) in [5.41, 5.74) is 3.94. The van der Waals surface area contributed by atoms with Gasteiger partial charge in [0.1, 0.15) is 0 Å². The minimum Gasteiger partial charge on any atom is -0.352 e.